The number of anilines is 2. The highest BCUT2D eigenvalue weighted by atomic mass is 31.0. The number of nitrogens with one attached hydrogen (secondary N) is 2. The van der Waals surface area contributed by atoms with Gasteiger partial charge in [-0.05, 0) is 18.8 Å². The number of fused-ring (bicyclic) bond motifs is 1. The Balaban J connectivity index is 1.66. The van der Waals surface area contributed by atoms with Crippen LogP contribution in [0.5, 0.6) is 5.88 Å². The minimum atomic E-state index is -1.15. The minimum absolute atomic E-state index is 0.128. The van der Waals surface area contributed by atoms with E-state index in [1.165, 1.54) is 0 Å². The van der Waals surface area contributed by atoms with Crippen LogP contribution < -0.4 is 10.1 Å². The summed E-state index contributed by atoms with van der Waals surface area (Å²) in [6.45, 7) is 1.27. The largest absolute Gasteiger partial charge is 0.481 e. The molecule has 2 unspecified atom stereocenters. The number of aromatic nitrogens is 6. The van der Waals surface area contributed by atoms with Crippen LogP contribution in [-0.4, -0.2) is 56.2 Å². The van der Waals surface area contributed by atoms with Crippen LogP contribution in [0.3, 0.4) is 0 Å². The first-order valence-corrected chi connectivity index (χ1v) is 9.36. The van der Waals surface area contributed by atoms with Gasteiger partial charge in [0.1, 0.15) is 11.4 Å². The summed E-state index contributed by atoms with van der Waals surface area (Å²) in [6.07, 6.45) is 4.79. The molecule has 4 rings (SSSR count). The smallest absolute Gasteiger partial charge is 0.210 e. The maximum atomic E-state index is 14.5. The lowest BCUT2D eigenvalue weighted by Crippen LogP contribution is -2.31. The van der Waals surface area contributed by atoms with Gasteiger partial charge in [-0.2, -0.15) is 10.2 Å². The molecule has 0 saturated carbocycles. The Hall–Kier alpha value is -2.32. The van der Waals surface area contributed by atoms with E-state index in [0.717, 1.165) is 12.8 Å². The van der Waals surface area contributed by atoms with Gasteiger partial charge in [-0.25, -0.2) is 24.1 Å². The van der Waals surface area contributed by atoms with Gasteiger partial charge in [-0.1, -0.05) is 9.24 Å². The third-order valence-corrected chi connectivity index (χ3v) is 5.09. The lowest BCUT2D eigenvalue weighted by atomic mass is 9.92. The topological polar surface area (TPSA) is 103 Å². The van der Waals surface area contributed by atoms with Crippen molar-refractivity contribution in [2.45, 2.75) is 24.8 Å². The molecule has 1 aliphatic heterocycles. The highest BCUT2D eigenvalue weighted by Gasteiger charge is 2.32. The summed E-state index contributed by atoms with van der Waals surface area (Å²) in [5.41, 5.74) is 1.15. The summed E-state index contributed by atoms with van der Waals surface area (Å²) in [5, 5.41) is 14.3. The molecule has 0 bridgehead atoms. The second-order valence-electron chi connectivity index (χ2n) is 6.38. The number of alkyl halides is 1. The molecule has 0 amide bonds. The molecule has 11 heteroatoms. The fourth-order valence-corrected chi connectivity index (χ4v) is 3.83. The van der Waals surface area contributed by atoms with Crippen molar-refractivity contribution in [1.29, 1.82) is 0 Å². The number of nitrogens with zero attached hydrogens (tertiary/aromatic N) is 5. The van der Waals surface area contributed by atoms with Crippen LogP contribution in [0.2, 0.25) is 0 Å². The standard InChI is InChI=1S/C16H21FN7O2P/c1-25-13-6-11(22-23-13)20-12-8-18-10-7-19-24(16(10)21-12)14(15(17)27)9-2-4-26-5-3-9/h6-9,14-15H,2-5,27H2,1H3,(H2,20,21,22,23)/t14-,15?/m1/s1. The zero-order chi connectivity index (χ0) is 18.8. The van der Waals surface area contributed by atoms with Gasteiger partial charge in [0.05, 0.1) is 25.5 Å². The first-order chi connectivity index (χ1) is 13.2. The third-order valence-electron chi connectivity index (χ3n) is 4.69. The molecule has 3 aromatic rings. The maximum absolute atomic E-state index is 14.5. The van der Waals surface area contributed by atoms with E-state index in [4.69, 9.17) is 9.47 Å². The highest BCUT2D eigenvalue weighted by molar-refractivity contribution is 7.17. The van der Waals surface area contributed by atoms with E-state index in [9.17, 15) is 4.39 Å². The molecule has 0 aromatic carbocycles. The van der Waals surface area contributed by atoms with Crippen molar-refractivity contribution in [2.75, 3.05) is 25.6 Å². The van der Waals surface area contributed by atoms with E-state index < -0.39 is 12.0 Å². The van der Waals surface area contributed by atoms with Gasteiger partial charge in [0.25, 0.3) is 0 Å². The molecule has 3 aromatic heterocycles. The first-order valence-electron chi connectivity index (χ1n) is 8.70. The van der Waals surface area contributed by atoms with Crippen LogP contribution >= 0.6 is 9.24 Å². The van der Waals surface area contributed by atoms with Crippen LogP contribution in [-0.2, 0) is 4.74 Å². The lowest BCUT2D eigenvalue weighted by Gasteiger charge is -2.31. The molecule has 1 saturated heterocycles. The molecule has 2 N–H and O–H groups in total. The van der Waals surface area contributed by atoms with Gasteiger partial charge in [-0.3, -0.25) is 0 Å². The molecular formula is C16H21FN7O2P. The monoisotopic (exact) mass is 393 g/mol. The van der Waals surface area contributed by atoms with Crippen molar-refractivity contribution in [2.24, 2.45) is 5.92 Å². The molecule has 1 aliphatic rings. The average molecular weight is 393 g/mol. The van der Waals surface area contributed by atoms with Crippen molar-refractivity contribution >= 4 is 32.0 Å². The van der Waals surface area contributed by atoms with Crippen LogP contribution in [0.25, 0.3) is 11.2 Å². The van der Waals surface area contributed by atoms with Crippen LogP contribution in [0, 0.1) is 5.92 Å². The minimum Gasteiger partial charge on any atom is -0.481 e. The number of ether oxygens (including phenoxy) is 2. The van der Waals surface area contributed by atoms with Crippen LogP contribution in [0.1, 0.15) is 18.9 Å². The number of hydrogen-bond donors (Lipinski definition) is 2. The Kier molecular flexibility index (Phi) is 5.18. The quantitative estimate of drug-likeness (QED) is 0.620. The zero-order valence-corrected chi connectivity index (χ0v) is 16.0. The molecule has 4 heterocycles. The summed E-state index contributed by atoms with van der Waals surface area (Å²) in [4.78, 5) is 8.97. The van der Waals surface area contributed by atoms with Gasteiger partial charge in [0.15, 0.2) is 17.3 Å². The van der Waals surface area contributed by atoms with Gasteiger partial charge in [-0.15, -0.1) is 0 Å². The van der Waals surface area contributed by atoms with E-state index in [0.29, 0.717) is 41.9 Å². The summed E-state index contributed by atoms with van der Waals surface area (Å²) >= 11 is 0. The Morgan fingerprint density at radius 3 is 2.89 bits per heavy atom. The molecule has 3 atom stereocenters. The fourth-order valence-electron chi connectivity index (χ4n) is 3.35. The Morgan fingerprint density at radius 1 is 1.37 bits per heavy atom. The predicted molar refractivity (Wildman–Crippen MR) is 101 cm³/mol. The normalized spacial score (nSPS) is 17.7. The van der Waals surface area contributed by atoms with Crippen molar-refractivity contribution in [3.63, 3.8) is 0 Å². The van der Waals surface area contributed by atoms with E-state index in [-0.39, 0.29) is 5.92 Å². The van der Waals surface area contributed by atoms with Crippen LogP contribution in [0.4, 0.5) is 16.0 Å². The maximum Gasteiger partial charge on any atom is 0.210 e. The number of rotatable bonds is 6. The lowest BCUT2D eigenvalue weighted by molar-refractivity contribution is 0.0392. The fraction of sp³-hybridized carbons (Fsp3) is 0.500. The Labute approximate surface area is 157 Å². The predicted octanol–water partition coefficient (Wildman–Crippen LogP) is 2.44. The highest BCUT2D eigenvalue weighted by Crippen LogP contribution is 2.35. The Morgan fingerprint density at radius 2 is 2.19 bits per heavy atom. The summed E-state index contributed by atoms with van der Waals surface area (Å²) in [7, 11) is 3.80. The zero-order valence-electron chi connectivity index (χ0n) is 14.8. The van der Waals surface area contributed by atoms with Gasteiger partial charge in [0.2, 0.25) is 5.88 Å². The molecule has 27 heavy (non-hydrogen) atoms. The molecule has 0 radical (unpaired) electrons. The average Bonchev–Trinajstić information content (AvgIpc) is 3.30. The molecule has 0 aliphatic carbocycles. The summed E-state index contributed by atoms with van der Waals surface area (Å²) in [5.74, 6) is 0.540. The molecule has 144 valence electrons. The molecule has 0 spiro atoms. The summed E-state index contributed by atoms with van der Waals surface area (Å²) < 4.78 is 26.6. The number of halogens is 1. The van der Waals surface area contributed by atoms with Gasteiger partial charge < -0.3 is 14.8 Å². The molecule has 1 fully saturated rings. The number of methoxy groups -OCH3 is 1. The van der Waals surface area contributed by atoms with E-state index >= 15 is 0 Å². The van der Waals surface area contributed by atoms with Gasteiger partial charge >= 0.3 is 0 Å². The van der Waals surface area contributed by atoms with Crippen molar-refractivity contribution in [3.8, 4) is 5.88 Å². The second kappa shape index (κ2) is 7.74. The number of hydrogen-bond acceptors (Lipinski definition) is 7. The number of H-pyrrole nitrogens is 1. The van der Waals surface area contributed by atoms with E-state index in [1.54, 1.807) is 30.3 Å². The first kappa shape index (κ1) is 18.1. The Bertz CT molecular complexity index is 909. The SMILES string of the molecule is COc1cc(Nc2cnc3cnn([C@@H](C(F)P)C4CCOCC4)c3n2)n[nH]1. The molecule has 9 nitrogen and oxygen atoms in total. The number of aromatic amines is 1. The van der Waals surface area contributed by atoms with E-state index in [1.807, 2.05) is 0 Å². The van der Waals surface area contributed by atoms with Crippen molar-refractivity contribution < 1.29 is 13.9 Å². The molecular weight excluding hydrogens is 372 g/mol. The van der Waals surface area contributed by atoms with Gasteiger partial charge in [0, 0.05) is 19.3 Å². The second-order valence-corrected chi connectivity index (χ2v) is 7.02. The summed E-state index contributed by atoms with van der Waals surface area (Å²) in [6, 6.07) is 1.26. The van der Waals surface area contributed by atoms with Crippen molar-refractivity contribution in [1.82, 2.24) is 29.9 Å². The van der Waals surface area contributed by atoms with E-state index in [2.05, 4.69) is 39.8 Å². The van der Waals surface area contributed by atoms with Crippen LogP contribution in [0.15, 0.2) is 18.5 Å². The van der Waals surface area contributed by atoms with Crippen molar-refractivity contribution in [3.05, 3.63) is 18.5 Å². The third kappa shape index (κ3) is 3.72.